The summed E-state index contributed by atoms with van der Waals surface area (Å²) in [6.45, 7) is 8.62. The van der Waals surface area contributed by atoms with Crippen LogP contribution in [-0.2, 0) is 19.0 Å². The Kier molecular flexibility index (Phi) is 9.92. The predicted octanol–water partition coefficient (Wildman–Crippen LogP) is 1.36. The van der Waals surface area contributed by atoms with E-state index >= 15 is 0 Å². The molecule has 1 unspecified atom stereocenters. The highest BCUT2D eigenvalue weighted by atomic mass is 16.5. The van der Waals surface area contributed by atoms with Gasteiger partial charge in [-0.1, -0.05) is 20.3 Å². The molecule has 0 saturated carbocycles. The molecule has 0 saturated heterocycles. The standard InChI is InChI=1S/C13H27NO4/c1-5-7-8-17-9-10-18-11-13(3,14-6-2)12(15)16-4/h14H,5-11H2,1-4H3. The van der Waals surface area contributed by atoms with Crippen LogP contribution in [0.15, 0.2) is 0 Å². The number of ether oxygens (including phenoxy) is 3. The van der Waals surface area contributed by atoms with Crippen LogP contribution in [0.4, 0.5) is 0 Å². The topological polar surface area (TPSA) is 56.8 Å². The molecule has 0 heterocycles. The molecular weight excluding hydrogens is 234 g/mol. The van der Waals surface area contributed by atoms with Gasteiger partial charge in [-0.05, 0) is 19.9 Å². The van der Waals surface area contributed by atoms with Gasteiger partial charge in [-0.15, -0.1) is 0 Å². The summed E-state index contributed by atoms with van der Waals surface area (Å²) >= 11 is 0. The number of methoxy groups -OCH3 is 1. The first-order valence-electron chi connectivity index (χ1n) is 6.59. The fraction of sp³-hybridized carbons (Fsp3) is 0.923. The number of hydrogen-bond acceptors (Lipinski definition) is 5. The van der Waals surface area contributed by atoms with Gasteiger partial charge < -0.3 is 19.5 Å². The quantitative estimate of drug-likeness (QED) is 0.449. The molecule has 0 aromatic carbocycles. The van der Waals surface area contributed by atoms with Gasteiger partial charge in [0, 0.05) is 6.61 Å². The summed E-state index contributed by atoms with van der Waals surface area (Å²) in [7, 11) is 1.38. The molecular formula is C13H27NO4. The zero-order chi connectivity index (χ0) is 13.9. The zero-order valence-electron chi connectivity index (χ0n) is 12.1. The zero-order valence-corrected chi connectivity index (χ0v) is 12.1. The van der Waals surface area contributed by atoms with Gasteiger partial charge in [0.2, 0.25) is 0 Å². The molecule has 18 heavy (non-hydrogen) atoms. The third-order valence-electron chi connectivity index (χ3n) is 2.61. The molecule has 0 aliphatic rings. The number of carbonyl (C=O) groups excluding carboxylic acids is 1. The summed E-state index contributed by atoms with van der Waals surface area (Å²) in [5, 5.41) is 3.08. The van der Waals surface area contributed by atoms with Gasteiger partial charge in [0.1, 0.15) is 5.54 Å². The summed E-state index contributed by atoms with van der Waals surface area (Å²) in [5.41, 5.74) is -0.785. The van der Waals surface area contributed by atoms with Crippen molar-refractivity contribution < 1.29 is 19.0 Å². The molecule has 0 amide bonds. The van der Waals surface area contributed by atoms with Crippen LogP contribution in [0.3, 0.4) is 0 Å². The molecule has 0 aliphatic carbocycles. The number of unbranched alkanes of at least 4 members (excludes halogenated alkanes) is 1. The van der Waals surface area contributed by atoms with Crippen molar-refractivity contribution in [2.45, 2.75) is 39.2 Å². The SMILES string of the molecule is CCCCOCCOCC(C)(NCC)C(=O)OC. The molecule has 0 rings (SSSR count). The second-order valence-electron chi connectivity index (χ2n) is 4.37. The molecule has 0 fully saturated rings. The molecule has 0 aliphatic heterocycles. The fourth-order valence-electron chi connectivity index (χ4n) is 1.54. The fourth-order valence-corrected chi connectivity index (χ4v) is 1.54. The van der Waals surface area contributed by atoms with E-state index < -0.39 is 5.54 Å². The molecule has 1 atom stereocenters. The smallest absolute Gasteiger partial charge is 0.328 e. The van der Waals surface area contributed by atoms with Gasteiger partial charge in [-0.2, -0.15) is 0 Å². The minimum atomic E-state index is -0.785. The maximum Gasteiger partial charge on any atom is 0.328 e. The molecule has 0 aromatic rings. The van der Waals surface area contributed by atoms with Crippen molar-refractivity contribution >= 4 is 5.97 Å². The van der Waals surface area contributed by atoms with E-state index in [9.17, 15) is 4.79 Å². The van der Waals surface area contributed by atoms with E-state index in [0.29, 0.717) is 19.8 Å². The average Bonchev–Trinajstić information content (AvgIpc) is 2.37. The highest BCUT2D eigenvalue weighted by Gasteiger charge is 2.33. The molecule has 108 valence electrons. The van der Waals surface area contributed by atoms with Crippen LogP contribution < -0.4 is 5.32 Å². The van der Waals surface area contributed by atoms with Crippen molar-refractivity contribution in [2.24, 2.45) is 0 Å². The average molecular weight is 261 g/mol. The van der Waals surface area contributed by atoms with Crippen molar-refractivity contribution in [3.8, 4) is 0 Å². The minimum Gasteiger partial charge on any atom is -0.468 e. The third kappa shape index (κ3) is 6.93. The number of esters is 1. The van der Waals surface area contributed by atoms with Crippen LogP contribution in [-0.4, -0.2) is 51.6 Å². The monoisotopic (exact) mass is 261 g/mol. The molecule has 0 radical (unpaired) electrons. The minimum absolute atomic E-state index is 0.282. The van der Waals surface area contributed by atoms with E-state index in [-0.39, 0.29) is 12.6 Å². The number of carbonyl (C=O) groups is 1. The van der Waals surface area contributed by atoms with Gasteiger partial charge in [-0.3, -0.25) is 0 Å². The lowest BCUT2D eigenvalue weighted by atomic mass is 10.0. The van der Waals surface area contributed by atoms with Crippen LogP contribution in [0, 0.1) is 0 Å². The Bertz CT molecular complexity index is 223. The lowest BCUT2D eigenvalue weighted by molar-refractivity contribution is -0.150. The molecule has 1 N–H and O–H groups in total. The lowest BCUT2D eigenvalue weighted by Gasteiger charge is -2.27. The second kappa shape index (κ2) is 10.3. The van der Waals surface area contributed by atoms with E-state index in [1.807, 2.05) is 6.92 Å². The summed E-state index contributed by atoms with van der Waals surface area (Å²) < 4.78 is 15.6. The van der Waals surface area contributed by atoms with Crippen molar-refractivity contribution in [2.75, 3.05) is 40.1 Å². The predicted molar refractivity (Wildman–Crippen MR) is 70.6 cm³/mol. The largest absolute Gasteiger partial charge is 0.468 e. The summed E-state index contributed by atoms with van der Waals surface area (Å²) in [6.07, 6.45) is 2.19. The normalized spacial score (nSPS) is 14.2. The molecule has 5 heteroatoms. The maximum atomic E-state index is 11.6. The van der Waals surface area contributed by atoms with Gasteiger partial charge in [0.05, 0.1) is 26.9 Å². The first-order chi connectivity index (χ1) is 8.60. The van der Waals surface area contributed by atoms with Crippen molar-refractivity contribution in [1.82, 2.24) is 5.32 Å². The Morgan fingerprint density at radius 2 is 1.83 bits per heavy atom. The van der Waals surface area contributed by atoms with Crippen molar-refractivity contribution in [3.63, 3.8) is 0 Å². The van der Waals surface area contributed by atoms with Crippen molar-refractivity contribution in [1.29, 1.82) is 0 Å². The Morgan fingerprint density at radius 3 is 2.39 bits per heavy atom. The second-order valence-corrected chi connectivity index (χ2v) is 4.37. The third-order valence-corrected chi connectivity index (χ3v) is 2.61. The van der Waals surface area contributed by atoms with Crippen LogP contribution >= 0.6 is 0 Å². The number of likely N-dealkylation sites (N-methyl/N-ethyl adjacent to an activating group) is 1. The van der Waals surface area contributed by atoms with Crippen molar-refractivity contribution in [3.05, 3.63) is 0 Å². The number of hydrogen-bond donors (Lipinski definition) is 1. The molecule has 0 bridgehead atoms. The first-order valence-corrected chi connectivity index (χ1v) is 6.59. The van der Waals surface area contributed by atoms with E-state index in [2.05, 4.69) is 12.2 Å². The van der Waals surface area contributed by atoms with Crippen LogP contribution in [0.25, 0.3) is 0 Å². The van der Waals surface area contributed by atoms with E-state index in [4.69, 9.17) is 14.2 Å². The molecule has 0 spiro atoms. The van der Waals surface area contributed by atoms with E-state index in [0.717, 1.165) is 19.4 Å². The molecule has 0 aromatic heterocycles. The number of rotatable bonds is 11. The van der Waals surface area contributed by atoms with E-state index in [1.165, 1.54) is 7.11 Å². The lowest BCUT2D eigenvalue weighted by Crippen LogP contribution is -2.53. The van der Waals surface area contributed by atoms with Gasteiger partial charge in [0.25, 0.3) is 0 Å². The Hall–Kier alpha value is -0.650. The maximum absolute atomic E-state index is 11.6. The first kappa shape index (κ1) is 17.4. The summed E-state index contributed by atoms with van der Waals surface area (Å²) in [5.74, 6) is -0.309. The van der Waals surface area contributed by atoms with Crippen LogP contribution in [0.2, 0.25) is 0 Å². The van der Waals surface area contributed by atoms with Gasteiger partial charge >= 0.3 is 5.97 Å². The van der Waals surface area contributed by atoms with Gasteiger partial charge in [0.15, 0.2) is 0 Å². The molecule has 5 nitrogen and oxygen atoms in total. The highest BCUT2D eigenvalue weighted by molar-refractivity contribution is 5.80. The Labute approximate surface area is 110 Å². The Morgan fingerprint density at radius 1 is 1.17 bits per heavy atom. The van der Waals surface area contributed by atoms with E-state index in [1.54, 1.807) is 6.92 Å². The summed E-state index contributed by atoms with van der Waals surface area (Å²) in [4.78, 5) is 11.6. The summed E-state index contributed by atoms with van der Waals surface area (Å²) in [6, 6.07) is 0. The van der Waals surface area contributed by atoms with Gasteiger partial charge in [-0.25, -0.2) is 4.79 Å². The van der Waals surface area contributed by atoms with Crippen LogP contribution in [0.1, 0.15) is 33.6 Å². The Balaban J connectivity index is 3.80. The number of nitrogens with one attached hydrogen (secondary N) is 1. The van der Waals surface area contributed by atoms with Crippen LogP contribution in [0.5, 0.6) is 0 Å². The highest BCUT2D eigenvalue weighted by Crippen LogP contribution is 2.07.